The Morgan fingerprint density at radius 1 is 0.500 bits per heavy atom. The SMILES string of the molecule is Cn1ccnc1C(c1nccn1C)C(c1nccn1C)c1nccn1C. The van der Waals surface area contributed by atoms with Crippen LogP contribution < -0.4 is 0 Å². The summed E-state index contributed by atoms with van der Waals surface area (Å²) in [5, 5.41) is 0. The van der Waals surface area contributed by atoms with Gasteiger partial charge in [0.15, 0.2) is 0 Å². The van der Waals surface area contributed by atoms with Crippen LogP contribution in [0.4, 0.5) is 0 Å². The lowest BCUT2D eigenvalue weighted by Gasteiger charge is -2.26. The van der Waals surface area contributed by atoms with E-state index in [1.54, 1.807) is 0 Å². The van der Waals surface area contributed by atoms with E-state index in [4.69, 9.17) is 0 Å². The molecule has 4 aromatic rings. The van der Waals surface area contributed by atoms with E-state index in [0.29, 0.717) is 0 Å². The highest BCUT2D eigenvalue weighted by atomic mass is 15.1. The predicted octanol–water partition coefficient (Wildman–Crippen LogP) is 1.58. The highest BCUT2D eigenvalue weighted by Crippen LogP contribution is 2.39. The summed E-state index contributed by atoms with van der Waals surface area (Å²) in [5.41, 5.74) is 0. The standard InChI is InChI=1S/C18H22N8/c1-23-9-5-19-15(23)13(16-20-6-10-24(16)2)14(17-21-7-11-25(17)3)18-22-8-12-26(18)4/h5-14H,1-4H3. The normalized spacial score (nSPS) is 11.8. The average molecular weight is 350 g/mol. The quantitative estimate of drug-likeness (QED) is 0.548. The van der Waals surface area contributed by atoms with E-state index in [1.165, 1.54) is 0 Å². The molecule has 0 atom stereocenters. The Morgan fingerprint density at radius 2 is 0.731 bits per heavy atom. The lowest BCUT2D eigenvalue weighted by atomic mass is 9.88. The van der Waals surface area contributed by atoms with Crippen molar-refractivity contribution in [2.24, 2.45) is 28.2 Å². The van der Waals surface area contributed by atoms with E-state index in [9.17, 15) is 0 Å². The van der Waals surface area contributed by atoms with Gasteiger partial charge in [-0.05, 0) is 0 Å². The van der Waals surface area contributed by atoms with E-state index in [-0.39, 0.29) is 11.8 Å². The second-order valence-electron chi connectivity index (χ2n) is 6.54. The second-order valence-corrected chi connectivity index (χ2v) is 6.54. The molecule has 4 rings (SSSR count). The zero-order valence-corrected chi connectivity index (χ0v) is 15.4. The van der Waals surface area contributed by atoms with Gasteiger partial charge in [0.2, 0.25) is 0 Å². The molecule has 0 unspecified atom stereocenters. The molecule has 134 valence electrons. The molecule has 0 saturated heterocycles. The van der Waals surface area contributed by atoms with Crippen molar-refractivity contribution >= 4 is 0 Å². The van der Waals surface area contributed by atoms with Crippen LogP contribution in [0, 0.1) is 0 Å². The first-order valence-electron chi connectivity index (χ1n) is 8.46. The maximum atomic E-state index is 4.65. The van der Waals surface area contributed by atoms with Crippen molar-refractivity contribution in [2.75, 3.05) is 0 Å². The minimum absolute atomic E-state index is 0.128. The Kier molecular flexibility index (Phi) is 3.95. The minimum atomic E-state index is -0.128. The van der Waals surface area contributed by atoms with Crippen molar-refractivity contribution in [3.8, 4) is 0 Å². The lowest BCUT2D eigenvalue weighted by molar-refractivity contribution is 0.513. The number of hydrogen-bond acceptors (Lipinski definition) is 4. The van der Waals surface area contributed by atoms with E-state index in [0.717, 1.165) is 23.3 Å². The Balaban J connectivity index is 1.99. The van der Waals surface area contributed by atoms with Gasteiger partial charge in [0.1, 0.15) is 23.3 Å². The van der Waals surface area contributed by atoms with Gasteiger partial charge in [-0.1, -0.05) is 0 Å². The highest BCUT2D eigenvalue weighted by molar-refractivity contribution is 5.29. The van der Waals surface area contributed by atoms with Crippen LogP contribution in [-0.2, 0) is 28.2 Å². The first-order valence-corrected chi connectivity index (χ1v) is 8.46. The van der Waals surface area contributed by atoms with Crippen LogP contribution >= 0.6 is 0 Å². The monoisotopic (exact) mass is 350 g/mol. The summed E-state index contributed by atoms with van der Waals surface area (Å²) in [4.78, 5) is 18.6. The fourth-order valence-corrected chi connectivity index (χ4v) is 3.53. The van der Waals surface area contributed by atoms with E-state index in [1.807, 2.05) is 96.0 Å². The third-order valence-electron chi connectivity index (χ3n) is 4.88. The predicted molar refractivity (Wildman–Crippen MR) is 96.5 cm³/mol. The number of imidazole rings is 4. The Hall–Kier alpha value is -3.16. The van der Waals surface area contributed by atoms with E-state index >= 15 is 0 Å². The Morgan fingerprint density at radius 3 is 0.885 bits per heavy atom. The fourth-order valence-electron chi connectivity index (χ4n) is 3.53. The molecule has 0 spiro atoms. The summed E-state index contributed by atoms with van der Waals surface area (Å²) >= 11 is 0. The first kappa shape index (κ1) is 16.3. The maximum Gasteiger partial charge on any atom is 0.120 e. The smallest absolute Gasteiger partial charge is 0.120 e. The summed E-state index contributed by atoms with van der Waals surface area (Å²) in [6, 6.07) is 0. The van der Waals surface area contributed by atoms with Crippen molar-refractivity contribution in [3.05, 3.63) is 72.9 Å². The molecule has 8 nitrogen and oxygen atoms in total. The van der Waals surface area contributed by atoms with Gasteiger partial charge in [-0.3, -0.25) is 0 Å². The molecule has 0 fully saturated rings. The minimum Gasteiger partial charge on any atom is -0.337 e. The molecule has 0 aromatic carbocycles. The van der Waals surface area contributed by atoms with Crippen LogP contribution in [0.2, 0.25) is 0 Å². The molecular formula is C18H22N8. The van der Waals surface area contributed by atoms with Crippen LogP contribution in [0.25, 0.3) is 0 Å². The van der Waals surface area contributed by atoms with Gasteiger partial charge < -0.3 is 18.3 Å². The summed E-state index contributed by atoms with van der Waals surface area (Å²) in [6.07, 6.45) is 15.1. The molecule has 4 heterocycles. The van der Waals surface area contributed by atoms with Gasteiger partial charge in [-0.25, -0.2) is 19.9 Å². The van der Waals surface area contributed by atoms with Crippen LogP contribution in [0.15, 0.2) is 49.6 Å². The molecule has 0 aliphatic carbocycles. The lowest BCUT2D eigenvalue weighted by Crippen LogP contribution is -2.25. The third kappa shape index (κ3) is 2.54. The molecule has 0 N–H and O–H groups in total. The van der Waals surface area contributed by atoms with Crippen molar-refractivity contribution in [3.63, 3.8) is 0 Å². The number of nitrogens with zero attached hydrogens (tertiary/aromatic N) is 8. The molecule has 0 aliphatic heterocycles. The van der Waals surface area contributed by atoms with Gasteiger partial charge in [-0.2, -0.15) is 0 Å². The number of hydrogen-bond donors (Lipinski definition) is 0. The second kappa shape index (κ2) is 6.29. The van der Waals surface area contributed by atoms with Gasteiger partial charge in [0.25, 0.3) is 0 Å². The number of aromatic nitrogens is 8. The molecule has 8 heteroatoms. The summed E-state index contributed by atoms with van der Waals surface area (Å²) in [5.74, 6) is 3.45. The Labute approximate surface area is 151 Å². The molecule has 0 amide bonds. The van der Waals surface area contributed by atoms with Crippen molar-refractivity contribution in [2.45, 2.75) is 11.8 Å². The van der Waals surface area contributed by atoms with E-state index < -0.39 is 0 Å². The molecule has 0 radical (unpaired) electrons. The first-order chi connectivity index (χ1) is 12.6. The van der Waals surface area contributed by atoms with Crippen LogP contribution in [0.1, 0.15) is 35.1 Å². The van der Waals surface area contributed by atoms with Gasteiger partial charge in [0, 0.05) is 77.8 Å². The van der Waals surface area contributed by atoms with Crippen LogP contribution in [-0.4, -0.2) is 38.2 Å². The summed E-state index contributed by atoms with van der Waals surface area (Å²) in [7, 11) is 8.02. The molecule has 0 saturated carbocycles. The van der Waals surface area contributed by atoms with Crippen molar-refractivity contribution < 1.29 is 0 Å². The van der Waals surface area contributed by atoms with Crippen molar-refractivity contribution in [1.29, 1.82) is 0 Å². The molecule has 0 bridgehead atoms. The fraction of sp³-hybridized carbons (Fsp3) is 0.333. The molecule has 0 aliphatic rings. The van der Waals surface area contributed by atoms with E-state index in [2.05, 4.69) is 19.9 Å². The van der Waals surface area contributed by atoms with Gasteiger partial charge in [0.05, 0.1) is 11.8 Å². The largest absolute Gasteiger partial charge is 0.337 e. The number of rotatable bonds is 5. The molecule has 26 heavy (non-hydrogen) atoms. The Bertz CT molecular complexity index is 855. The van der Waals surface area contributed by atoms with Gasteiger partial charge >= 0.3 is 0 Å². The average Bonchev–Trinajstić information content (AvgIpc) is 3.38. The summed E-state index contributed by atoms with van der Waals surface area (Å²) < 4.78 is 8.16. The maximum absolute atomic E-state index is 4.65. The molecular weight excluding hydrogens is 328 g/mol. The topological polar surface area (TPSA) is 71.3 Å². The van der Waals surface area contributed by atoms with Crippen LogP contribution in [0.3, 0.4) is 0 Å². The van der Waals surface area contributed by atoms with Crippen LogP contribution in [0.5, 0.6) is 0 Å². The molecule has 4 aromatic heterocycles. The highest BCUT2D eigenvalue weighted by Gasteiger charge is 2.38. The number of aryl methyl sites for hydroxylation is 4. The zero-order chi connectivity index (χ0) is 18.3. The van der Waals surface area contributed by atoms with Crippen molar-refractivity contribution in [1.82, 2.24) is 38.2 Å². The third-order valence-corrected chi connectivity index (χ3v) is 4.88. The summed E-state index contributed by atoms with van der Waals surface area (Å²) in [6.45, 7) is 0. The van der Waals surface area contributed by atoms with Gasteiger partial charge in [-0.15, -0.1) is 0 Å². The zero-order valence-electron chi connectivity index (χ0n) is 15.4.